The molecule has 0 saturated heterocycles. The summed E-state index contributed by atoms with van der Waals surface area (Å²) in [5.74, 6) is -1.08. The van der Waals surface area contributed by atoms with Gasteiger partial charge in [0.25, 0.3) is 5.91 Å². The molecule has 5 nitrogen and oxygen atoms in total. The maximum atomic E-state index is 12.9. The van der Waals surface area contributed by atoms with Crippen molar-refractivity contribution in [1.29, 1.82) is 0 Å². The third kappa shape index (κ3) is 6.90. The van der Waals surface area contributed by atoms with E-state index in [2.05, 4.69) is 5.32 Å². The van der Waals surface area contributed by atoms with E-state index < -0.39 is 29.2 Å². The van der Waals surface area contributed by atoms with E-state index in [1.807, 2.05) is 32.0 Å². The number of hydrogen-bond acceptors (Lipinski definition) is 3. The van der Waals surface area contributed by atoms with Gasteiger partial charge in [-0.2, -0.15) is 13.2 Å². The molecule has 0 saturated carbocycles. The van der Waals surface area contributed by atoms with Gasteiger partial charge in [0, 0.05) is 5.56 Å². The van der Waals surface area contributed by atoms with E-state index in [0.29, 0.717) is 16.9 Å². The Labute approximate surface area is 214 Å². The molecule has 0 bridgehead atoms. The standard InChI is InChI=1S/C29H30F3NO4/c1-5-6-25(37-23-14-9-20(10-15-23)26(34)33-28(3,4)27(35)36)24-16-11-21(17-18(24)2)19-7-12-22(13-8-19)29(30,31)32/h7-17,25H,5-6H2,1-4H3,(H,33,34)(H,35,36). The van der Waals surface area contributed by atoms with Gasteiger partial charge < -0.3 is 15.2 Å². The highest BCUT2D eigenvalue weighted by Crippen LogP contribution is 2.33. The van der Waals surface area contributed by atoms with E-state index in [0.717, 1.165) is 41.7 Å². The Kier molecular flexibility index (Phi) is 8.31. The van der Waals surface area contributed by atoms with E-state index in [4.69, 9.17) is 4.74 Å². The maximum Gasteiger partial charge on any atom is 0.416 e. The van der Waals surface area contributed by atoms with Crippen LogP contribution in [0.15, 0.2) is 66.7 Å². The minimum absolute atomic E-state index is 0.266. The lowest BCUT2D eigenvalue weighted by Gasteiger charge is -2.22. The van der Waals surface area contributed by atoms with Gasteiger partial charge >= 0.3 is 12.1 Å². The van der Waals surface area contributed by atoms with Crippen molar-refractivity contribution >= 4 is 11.9 Å². The summed E-state index contributed by atoms with van der Waals surface area (Å²) in [6.45, 7) is 6.79. The van der Waals surface area contributed by atoms with Crippen molar-refractivity contribution in [2.75, 3.05) is 0 Å². The molecule has 0 spiro atoms. The van der Waals surface area contributed by atoms with Crippen molar-refractivity contribution in [3.8, 4) is 16.9 Å². The van der Waals surface area contributed by atoms with Crippen LogP contribution in [0.3, 0.4) is 0 Å². The van der Waals surface area contributed by atoms with Gasteiger partial charge in [-0.05, 0) is 85.8 Å². The first kappa shape index (κ1) is 27.8. The number of halogens is 3. The van der Waals surface area contributed by atoms with E-state index in [1.165, 1.54) is 26.0 Å². The first-order valence-corrected chi connectivity index (χ1v) is 11.9. The normalized spacial score (nSPS) is 12.6. The number of aryl methyl sites for hydroxylation is 1. The number of nitrogens with one attached hydrogen (secondary N) is 1. The number of rotatable bonds is 9. The van der Waals surface area contributed by atoms with Gasteiger partial charge in [-0.1, -0.05) is 43.7 Å². The van der Waals surface area contributed by atoms with Crippen LogP contribution in [0.2, 0.25) is 0 Å². The fourth-order valence-corrected chi connectivity index (χ4v) is 3.87. The van der Waals surface area contributed by atoms with Crippen LogP contribution >= 0.6 is 0 Å². The minimum Gasteiger partial charge on any atom is -0.486 e. The van der Waals surface area contributed by atoms with Crippen LogP contribution in [0.4, 0.5) is 13.2 Å². The molecule has 0 aromatic heterocycles. The van der Waals surface area contributed by atoms with Gasteiger partial charge in [-0.3, -0.25) is 4.79 Å². The summed E-state index contributed by atoms with van der Waals surface area (Å²) < 4.78 is 44.9. The van der Waals surface area contributed by atoms with Crippen LogP contribution in [0.25, 0.3) is 11.1 Å². The third-order valence-electron chi connectivity index (χ3n) is 6.07. The second-order valence-corrected chi connectivity index (χ2v) is 9.45. The average Bonchev–Trinajstić information content (AvgIpc) is 2.83. The lowest BCUT2D eigenvalue weighted by Crippen LogP contribution is -2.49. The van der Waals surface area contributed by atoms with Crippen molar-refractivity contribution in [2.24, 2.45) is 0 Å². The predicted octanol–water partition coefficient (Wildman–Crippen LogP) is 7.19. The molecule has 8 heteroatoms. The van der Waals surface area contributed by atoms with E-state index in [9.17, 15) is 27.9 Å². The summed E-state index contributed by atoms with van der Waals surface area (Å²) in [5.41, 5.74) is 1.63. The number of benzene rings is 3. The summed E-state index contributed by atoms with van der Waals surface area (Å²) in [4.78, 5) is 23.7. The molecule has 1 unspecified atom stereocenters. The van der Waals surface area contributed by atoms with Crippen LogP contribution in [-0.4, -0.2) is 22.5 Å². The molecule has 1 atom stereocenters. The molecule has 2 N–H and O–H groups in total. The van der Waals surface area contributed by atoms with E-state index in [-0.39, 0.29) is 6.10 Å². The number of aliphatic carboxylic acids is 1. The quantitative estimate of drug-likeness (QED) is 0.317. The van der Waals surface area contributed by atoms with Gasteiger partial charge in [0.2, 0.25) is 0 Å². The van der Waals surface area contributed by atoms with Gasteiger partial charge in [0.05, 0.1) is 5.56 Å². The highest BCUT2D eigenvalue weighted by atomic mass is 19.4. The second kappa shape index (κ2) is 11.1. The number of carboxylic acids is 1. The fourth-order valence-electron chi connectivity index (χ4n) is 3.87. The summed E-state index contributed by atoms with van der Waals surface area (Å²) in [6.07, 6.45) is -3.05. The summed E-state index contributed by atoms with van der Waals surface area (Å²) >= 11 is 0. The Hall–Kier alpha value is -3.81. The van der Waals surface area contributed by atoms with Crippen molar-refractivity contribution < 1.29 is 32.6 Å². The highest BCUT2D eigenvalue weighted by Gasteiger charge is 2.30. The molecule has 37 heavy (non-hydrogen) atoms. The van der Waals surface area contributed by atoms with E-state index >= 15 is 0 Å². The van der Waals surface area contributed by atoms with Crippen molar-refractivity contribution in [1.82, 2.24) is 5.32 Å². The average molecular weight is 514 g/mol. The molecule has 0 fully saturated rings. The first-order chi connectivity index (χ1) is 17.3. The number of carbonyl (C=O) groups is 2. The molecule has 0 heterocycles. The van der Waals surface area contributed by atoms with Gasteiger partial charge in [0.15, 0.2) is 0 Å². The van der Waals surface area contributed by atoms with Gasteiger partial charge in [0.1, 0.15) is 17.4 Å². The molecule has 0 aliphatic carbocycles. The molecule has 3 aromatic carbocycles. The van der Waals surface area contributed by atoms with Crippen molar-refractivity contribution in [2.45, 2.75) is 58.4 Å². The zero-order valence-corrected chi connectivity index (χ0v) is 21.1. The molecule has 0 aliphatic heterocycles. The third-order valence-corrected chi connectivity index (χ3v) is 6.07. The fraction of sp³-hybridized carbons (Fsp3) is 0.310. The van der Waals surface area contributed by atoms with Crippen LogP contribution in [0.5, 0.6) is 5.75 Å². The smallest absolute Gasteiger partial charge is 0.416 e. The Balaban J connectivity index is 1.77. The Morgan fingerprint density at radius 3 is 2.05 bits per heavy atom. The molecular formula is C29H30F3NO4. The van der Waals surface area contributed by atoms with Crippen LogP contribution < -0.4 is 10.1 Å². The summed E-state index contributed by atoms with van der Waals surface area (Å²) in [5, 5.41) is 11.7. The lowest BCUT2D eigenvalue weighted by molar-refractivity contribution is -0.143. The maximum absolute atomic E-state index is 12.9. The van der Waals surface area contributed by atoms with Crippen LogP contribution in [-0.2, 0) is 11.0 Å². The number of hydrogen-bond donors (Lipinski definition) is 2. The molecule has 1 amide bonds. The zero-order valence-electron chi connectivity index (χ0n) is 21.1. The van der Waals surface area contributed by atoms with E-state index in [1.54, 1.807) is 24.3 Å². The topological polar surface area (TPSA) is 75.6 Å². The van der Waals surface area contributed by atoms with Gasteiger partial charge in [-0.25, -0.2) is 4.79 Å². The minimum atomic E-state index is -4.37. The number of ether oxygens (including phenoxy) is 1. The van der Waals surface area contributed by atoms with Crippen LogP contribution in [0, 0.1) is 6.92 Å². The first-order valence-electron chi connectivity index (χ1n) is 11.9. The molecular weight excluding hydrogens is 483 g/mol. The number of amides is 1. The van der Waals surface area contributed by atoms with Crippen molar-refractivity contribution in [3.05, 3.63) is 89.0 Å². The lowest BCUT2D eigenvalue weighted by atomic mass is 9.95. The Morgan fingerprint density at radius 2 is 1.54 bits per heavy atom. The largest absolute Gasteiger partial charge is 0.486 e. The number of carboxylic acid groups (broad SMARTS) is 1. The molecule has 196 valence electrons. The second-order valence-electron chi connectivity index (χ2n) is 9.45. The zero-order chi connectivity index (χ0) is 27.4. The Morgan fingerprint density at radius 1 is 0.946 bits per heavy atom. The van der Waals surface area contributed by atoms with Crippen molar-refractivity contribution in [3.63, 3.8) is 0 Å². The molecule has 3 aromatic rings. The van der Waals surface area contributed by atoms with Gasteiger partial charge in [-0.15, -0.1) is 0 Å². The number of carbonyl (C=O) groups excluding carboxylic acids is 1. The molecule has 3 rings (SSSR count). The van der Waals surface area contributed by atoms with Crippen LogP contribution in [0.1, 0.15) is 66.8 Å². The summed E-state index contributed by atoms with van der Waals surface area (Å²) in [6, 6.07) is 17.3. The Bertz CT molecular complexity index is 1250. The molecule has 0 radical (unpaired) electrons. The number of alkyl halides is 3. The summed E-state index contributed by atoms with van der Waals surface area (Å²) in [7, 11) is 0. The monoisotopic (exact) mass is 513 g/mol. The SMILES string of the molecule is CCCC(Oc1ccc(C(=O)NC(C)(C)C(=O)O)cc1)c1ccc(-c2ccc(C(F)(F)F)cc2)cc1C. The highest BCUT2D eigenvalue weighted by molar-refractivity contribution is 5.97. The molecule has 0 aliphatic rings. The predicted molar refractivity (Wildman–Crippen MR) is 136 cm³/mol.